The number of H-pyrrole nitrogens is 1. The van der Waals surface area contributed by atoms with Crippen molar-refractivity contribution in [1.29, 1.82) is 0 Å². The van der Waals surface area contributed by atoms with Crippen LogP contribution in [0.5, 0.6) is 0 Å². The van der Waals surface area contributed by atoms with Crippen LogP contribution in [0, 0.1) is 0 Å². The molecule has 0 bridgehead atoms. The molecular weight excluding hydrogens is 490 g/mol. The minimum Gasteiger partial charge on any atom is -0.481 e. The molecule has 8 N–H and O–H groups in total. The quantitative estimate of drug-likeness (QED) is 0.176. The molecule has 1 heterocycles. The van der Waals surface area contributed by atoms with Gasteiger partial charge in [-0.25, -0.2) is 4.79 Å². The van der Waals surface area contributed by atoms with Gasteiger partial charge >= 0.3 is 11.9 Å². The Morgan fingerprint density at radius 3 is 2.31 bits per heavy atom. The van der Waals surface area contributed by atoms with E-state index in [-0.39, 0.29) is 6.42 Å². The lowest BCUT2D eigenvalue weighted by Gasteiger charge is -2.23. The third kappa shape index (κ3) is 8.27. The smallest absolute Gasteiger partial charge is 0.326 e. The number of carboxylic acids is 2. The van der Waals surface area contributed by atoms with E-state index >= 15 is 0 Å². The molecule has 0 saturated carbocycles. The molecule has 36 heavy (non-hydrogen) atoms. The number of rotatable bonds is 14. The predicted molar refractivity (Wildman–Crippen MR) is 134 cm³/mol. The first kappa shape index (κ1) is 28.7. The summed E-state index contributed by atoms with van der Waals surface area (Å²) in [6.45, 7) is 1.36. The van der Waals surface area contributed by atoms with Gasteiger partial charge in [0.25, 0.3) is 0 Å². The predicted octanol–water partition coefficient (Wildman–Crippen LogP) is -0.176. The molecule has 0 spiro atoms. The Morgan fingerprint density at radius 2 is 1.67 bits per heavy atom. The maximum atomic E-state index is 12.8. The van der Waals surface area contributed by atoms with Crippen molar-refractivity contribution >= 4 is 52.3 Å². The van der Waals surface area contributed by atoms with Gasteiger partial charge in [-0.15, -0.1) is 0 Å². The molecule has 2 aromatic rings. The van der Waals surface area contributed by atoms with Crippen molar-refractivity contribution in [3.63, 3.8) is 0 Å². The van der Waals surface area contributed by atoms with Gasteiger partial charge in [-0.05, 0) is 37.0 Å². The normalized spacial score (nSPS) is 14.3. The summed E-state index contributed by atoms with van der Waals surface area (Å²) in [5, 5.41) is 26.7. The Morgan fingerprint density at radius 1 is 1.00 bits per heavy atom. The number of aromatic amines is 1. The second-order valence-corrected chi connectivity index (χ2v) is 9.23. The molecule has 1 aromatic carbocycles. The Bertz CT molecular complexity index is 1110. The fraction of sp³-hybridized carbons (Fsp3) is 0.435. The van der Waals surface area contributed by atoms with Gasteiger partial charge < -0.3 is 36.9 Å². The summed E-state index contributed by atoms with van der Waals surface area (Å²) in [7, 11) is 0. The van der Waals surface area contributed by atoms with Crippen LogP contribution >= 0.6 is 11.8 Å². The number of para-hydroxylation sites is 1. The van der Waals surface area contributed by atoms with E-state index in [2.05, 4.69) is 20.9 Å². The molecule has 0 radical (unpaired) electrons. The molecule has 4 atom stereocenters. The van der Waals surface area contributed by atoms with Crippen molar-refractivity contribution in [3.8, 4) is 0 Å². The number of carboxylic acid groups (broad SMARTS) is 2. The molecule has 196 valence electrons. The zero-order valence-corrected chi connectivity index (χ0v) is 20.8. The zero-order chi connectivity index (χ0) is 26.8. The lowest BCUT2D eigenvalue weighted by atomic mass is 10.0. The number of hydrogen-bond donors (Lipinski definition) is 7. The summed E-state index contributed by atoms with van der Waals surface area (Å²) < 4.78 is 0. The summed E-state index contributed by atoms with van der Waals surface area (Å²) in [6.07, 6.45) is 3.05. The number of carbonyl (C=O) groups excluding carboxylic acids is 3. The molecule has 3 amide bonds. The first-order chi connectivity index (χ1) is 17.0. The van der Waals surface area contributed by atoms with Gasteiger partial charge in [0.2, 0.25) is 17.7 Å². The molecule has 0 aliphatic rings. The number of nitrogens with one attached hydrogen (secondary N) is 4. The number of benzene rings is 1. The van der Waals surface area contributed by atoms with Crippen LogP contribution < -0.4 is 21.7 Å². The van der Waals surface area contributed by atoms with E-state index in [1.165, 1.54) is 18.7 Å². The third-order valence-electron chi connectivity index (χ3n) is 5.45. The van der Waals surface area contributed by atoms with Crippen LogP contribution in [0.25, 0.3) is 10.9 Å². The highest BCUT2D eigenvalue weighted by Gasteiger charge is 2.30. The number of aliphatic carboxylic acids is 2. The summed E-state index contributed by atoms with van der Waals surface area (Å²) in [6, 6.07) is 2.36. The number of amides is 3. The molecule has 0 fully saturated rings. The van der Waals surface area contributed by atoms with Crippen LogP contribution in [0.4, 0.5) is 0 Å². The van der Waals surface area contributed by atoms with Gasteiger partial charge in [-0.1, -0.05) is 18.2 Å². The molecule has 12 nitrogen and oxygen atoms in total. The van der Waals surface area contributed by atoms with Crippen molar-refractivity contribution in [3.05, 3.63) is 36.0 Å². The van der Waals surface area contributed by atoms with E-state index in [1.54, 1.807) is 18.3 Å². The highest BCUT2D eigenvalue weighted by molar-refractivity contribution is 7.98. The fourth-order valence-electron chi connectivity index (χ4n) is 3.44. The molecule has 2 rings (SSSR count). The van der Waals surface area contributed by atoms with E-state index in [1.807, 2.05) is 18.4 Å². The van der Waals surface area contributed by atoms with Gasteiger partial charge in [0.05, 0.1) is 12.5 Å². The summed E-state index contributed by atoms with van der Waals surface area (Å²) in [5.41, 5.74) is 7.22. The summed E-state index contributed by atoms with van der Waals surface area (Å²) in [5.74, 6) is -4.41. The van der Waals surface area contributed by atoms with Crippen LogP contribution in [0.2, 0.25) is 0 Å². The zero-order valence-electron chi connectivity index (χ0n) is 19.9. The van der Waals surface area contributed by atoms with Crippen LogP contribution in [0.1, 0.15) is 25.3 Å². The Balaban J connectivity index is 2.07. The average molecular weight is 522 g/mol. The first-order valence-corrected chi connectivity index (χ1v) is 12.6. The number of thioether (sulfide) groups is 1. The monoisotopic (exact) mass is 521 g/mol. The summed E-state index contributed by atoms with van der Waals surface area (Å²) >= 11 is 1.51. The standard InChI is InChI=1S/C23H31N5O7S/c1-12(26-21(32)15(24)7-8-36-2)20(31)27-17(10-19(29)30)22(33)28-18(23(34)35)9-13-11-25-16-6-4-3-5-14(13)16/h3-6,11-12,15,17-18,25H,7-10,24H2,1-2H3,(H,26,32)(H,27,31)(H,28,33)(H,29,30)(H,34,35). The molecule has 4 unspecified atom stereocenters. The Kier molecular flexibility index (Phi) is 10.7. The molecule has 0 aliphatic carbocycles. The number of nitrogens with two attached hydrogens (primary N) is 1. The van der Waals surface area contributed by atoms with Crippen molar-refractivity contribution in [2.75, 3.05) is 12.0 Å². The van der Waals surface area contributed by atoms with E-state index in [9.17, 15) is 34.2 Å². The third-order valence-corrected chi connectivity index (χ3v) is 6.09. The topological polar surface area (TPSA) is 204 Å². The van der Waals surface area contributed by atoms with Crippen molar-refractivity contribution in [2.24, 2.45) is 5.73 Å². The molecule has 1 aromatic heterocycles. The largest absolute Gasteiger partial charge is 0.481 e. The van der Waals surface area contributed by atoms with Crippen LogP contribution in [0.3, 0.4) is 0 Å². The number of aromatic nitrogens is 1. The van der Waals surface area contributed by atoms with Crippen LogP contribution in [0.15, 0.2) is 30.5 Å². The number of hydrogen-bond acceptors (Lipinski definition) is 7. The molecular formula is C23H31N5O7S. The second kappa shape index (κ2) is 13.5. The Hall–Kier alpha value is -3.58. The van der Waals surface area contributed by atoms with E-state index in [4.69, 9.17) is 5.73 Å². The maximum Gasteiger partial charge on any atom is 0.326 e. The first-order valence-electron chi connectivity index (χ1n) is 11.2. The van der Waals surface area contributed by atoms with Gasteiger partial charge in [0.1, 0.15) is 18.1 Å². The molecule has 0 saturated heterocycles. The number of carbonyl (C=O) groups is 5. The van der Waals surface area contributed by atoms with Gasteiger partial charge in [-0.3, -0.25) is 19.2 Å². The second-order valence-electron chi connectivity index (χ2n) is 8.24. The number of fused-ring (bicyclic) bond motifs is 1. The average Bonchev–Trinajstić information content (AvgIpc) is 3.23. The van der Waals surface area contributed by atoms with Gasteiger partial charge in [0.15, 0.2) is 0 Å². The minimum absolute atomic E-state index is 0.0702. The molecule has 13 heteroatoms. The van der Waals surface area contributed by atoms with E-state index in [0.717, 1.165) is 10.9 Å². The lowest BCUT2D eigenvalue weighted by Crippen LogP contribution is -2.57. The lowest BCUT2D eigenvalue weighted by molar-refractivity contribution is -0.143. The van der Waals surface area contributed by atoms with Crippen LogP contribution in [-0.4, -0.2) is 81.0 Å². The maximum absolute atomic E-state index is 12.8. The Labute approximate surface area is 211 Å². The van der Waals surface area contributed by atoms with Crippen LogP contribution in [-0.2, 0) is 30.4 Å². The van der Waals surface area contributed by atoms with Crippen molar-refractivity contribution in [1.82, 2.24) is 20.9 Å². The summed E-state index contributed by atoms with van der Waals surface area (Å²) in [4.78, 5) is 63.7. The minimum atomic E-state index is -1.57. The van der Waals surface area contributed by atoms with Gasteiger partial charge in [-0.2, -0.15) is 11.8 Å². The molecule has 0 aliphatic heterocycles. The SMILES string of the molecule is CSCCC(N)C(=O)NC(C)C(=O)NC(CC(=O)O)C(=O)NC(Cc1c[nH]c2ccccc12)C(=O)O. The van der Waals surface area contributed by atoms with Crippen molar-refractivity contribution in [2.45, 2.75) is 50.4 Å². The van der Waals surface area contributed by atoms with E-state index in [0.29, 0.717) is 17.7 Å². The van der Waals surface area contributed by atoms with Crippen molar-refractivity contribution < 1.29 is 34.2 Å². The fourth-order valence-corrected chi connectivity index (χ4v) is 3.92. The highest BCUT2D eigenvalue weighted by atomic mass is 32.2. The van der Waals surface area contributed by atoms with E-state index < -0.39 is 60.2 Å². The van der Waals surface area contributed by atoms with Gasteiger partial charge in [0, 0.05) is 23.5 Å². The highest BCUT2D eigenvalue weighted by Crippen LogP contribution is 2.19.